The average Bonchev–Trinajstić information content (AvgIpc) is 2.60. The van der Waals surface area contributed by atoms with E-state index in [4.69, 9.17) is 9.47 Å². The lowest BCUT2D eigenvalue weighted by atomic mass is 10.3. The molecule has 0 aliphatic carbocycles. The highest BCUT2D eigenvalue weighted by molar-refractivity contribution is 7.92. The molecule has 2 N–H and O–H groups in total. The van der Waals surface area contributed by atoms with E-state index in [-0.39, 0.29) is 16.5 Å². The van der Waals surface area contributed by atoms with E-state index >= 15 is 0 Å². The van der Waals surface area contributed by atoms with Crippen molar-refractivity contribution in [1.82, 2.24) is 4.98 Å². The minimum atomic E-state index is -3.86. The molecule has 0 fully saturated rings. The van der Waals surface area contributed by atoms with Gasteiger partial charge in [-0.25, -0.2) is 13.4 Å². The number of hydrogen-bond donors (Lipinski definition) is 2. The van der Waals surface area contributed by atoms with Gasteiger partial charge in [0.1, 0.15) is 22.2 Å². The molecule has 0 bridgehead atoms. The SMILES string of the molecule is CCCNc1ccc(NS(=O)(=O)c2cc(OC)ccc2OC)nc1. The molecule has 1 heterocycles. The van der Waals surface area contributed by atoms with Gasteiger partial charge in [0.2, 0.25) is 0 Å². The fourth-order valence-electron chi connectivity index (χ4n) is 2.01. The summed E-state index contributed by atoms with van der Waals surface area (Å²) in [6.07, 6.45) is 2.57. The van der Waals surface area contributed by atoms with Crippen molar-refractivity contribution in [2.45, 2.75) is 18.2 Å². The molecule has 0 amide bonds. The molecule has 0 atom stereocenters. The van der Waals surface area contributed by atoms with Crippen molar-refractivity contribution in [3.05, 3.63) is 36.5 Å². The van der Waals surface area contributed by atoms with Crippen LogP contribution < -0.4 is 19.5 Å². The third kappa shape index (κ3) is 4.29. The molecule has 1 aromatic heterocycles. The lowest BCUT2D eigenvalue weighted by Gasteiger charge is -2.12. The first kappa shape index (κ1) is 17.9. The highest BCUT2D eigenvalue weighted by Crippen LogP contribution is 2.29. The number of rotatable bonds is 8. The third-order valence-corrected chi connectivity index (χ3v) is 4.62. The van der Waals surface area contributed by atoms with Crippen molar-refractivity contribution in [1.29, 1.82) is 0 Å². The monoisotopic (exact) mass is 351 g/mol. The molecule has 0 saturated carbocycles. The fraction of sp³-hybridized carbons (Fsp3) is 0.312. The normalized spacial score (nSPS) is 11.0. The summed E-state index contributed by atoms with van der Waals surface area (Å²) in [5.74, 6) is 0.870. The number of aromatic nitrogens is 1. The quantitative estimate of drug-likeness (QED) is 0.760. The predicted octanol–water partition coefficient (Wildman–Crippen LogP) is 2.72. The first-order valence-electron chi connectivity index (χ1n) is 7.45. The van der Waals surface area contributed by atoms with Crippen molar-refractivity contribution in [3.63, 3.8) is 0 Å². The Labute approximate surface area is 142 Å². The number of hydrogen-bond acceptors (Lipinski definition) is 6. The smallest absolute Gasteiger partial charge is 0.266 e. The van der Waals surface area contributed by atoms with Crippen molar-refractivity contribution < 1.29 is 17.9 Å². The van der Waals surface area contributed by atoms with Gasteiger partial charge in [-0.15, -0.1) is 0 Å². The minimum absolute atomic E-state index is 0.0145. The molecular formula is C16H21N3O4S. The van der Waals surface area contributed by atoms with Crippen molar-refractivity contribution in [2.24, 2.45) is 0 Å². The molecule has 2 rings (SSSR count). The minimum Gasteiger partial charge on any atom is -0.497 e. The van der Waals surface area contributed by atoms with Crippen LogP contribution in [0.15, 0.2) is 41.4 Å². The Bertz CT molecular complexity index is 776. The van der Waals surface area contributed by atoms with Crippen molar-refractivity contribution in [3.8, 4) is 11.5 Å². The summed E-state index contributed by atoms with van der Waals surface area (Å²) in [6, 6.07) is 7.94. The van der Waals surface area contributed by atoms with Crippen LogP contribution in [0, 0.1) is 0 Å². The van der Waals surface area contributed by atoms with Crippen LogP contribution in [-0.2, 0) is 10.0 Å². The van der Waals surface area contributed by atoms with Gasteiger partial charge in [-0.3, -0.25) is 4.72 Å². The number of anilines is 2. The van der Waals surface area contributed by atoms with E-state index in [0.29, 0.717) is 5.75 Å². The molecule has 0 radical (unpaired) electrons. The summed E-state index contributed by atoms with van der Waals surface area (Å²) in [7, 11) is -0.979. The van der Waals surface area contributed by atoms with Gasteiger partial charge >= 0.3 is 0 Å². The van der Waals surface area contributed by atoms with Crippen LogP contribution in [0.5, 0.6) is 11.5 Å². The summed E-state index contributed by atoms with van der Waals surface area (Å²) in [6.45, 7) is 2.89. The van der Waals surface area contributed by atoms with E-state index in [9.17, 15) is 8.42 Å². The molecule has 0 unspecified atom stereocenters. The summed E-state index contributed by atoms with van der Waals surface area (Å²) in [4.78, 5) is 4.10. The number of methoxy groups -OCH3 is 2. The number of nitrogens with one attached hydrogen (secondary N) is 2. The van der Waals surface area contributed by atoms with Crippen molar-refractivity contribution in [2.75, 3.05) is 30.8 Å². The molecule has 0 aliphatic heterocycles. The van der Waals surface area contributed by atoms with Gasteiger partial charge < -0.3 is 14.8 Å². The molecule has 1 aromatic carbocycles. The summed E-state index contributed by atoms with van der Waals surface area (Å²) >= 11 is 0. The zero-order chi connectivity index (χ0) is 17.6. The highest BCUT2D eigenvalue weighted by Gasteiger charge is 2.21. The van der Waals surface area contributed by atoms with Gasteiger partial charge in [0.15, 0.2) is 0 Å². The maximum atomic E-state index is 12.6. The number of ether oxygens (including phenoxy) is 2. The molecule has 8 heteroatoms. The van der Waals surface area contributed by atoms with E-state index in [2.05, 4.69) is 21.9 Å². The molecule has 0 spiro atoms. The number of benzene rings is 1. The van der Waals surface area contributed by atoms with Gasteiger partial charge in [-0.2, -0.15) is 0 Å². The number of nitrogens with zero attached hydrogens (tertiary/aromatic N) is 1. The lowest BCUT2D eigenvalue weighted by Crippen LogP contribution is -2.15. The predicted molar refractivity (Wildman–Crippen MR) is 93.4 cm³/mol. The van der Waals surface area contributed by atoms with E-state index in [1.807, 2.05) is 0 Å². The lowest BCUT2D eigenvalue weighted by molar-refractivity contribution is 0.392. The third-order valence-electron chi connectivity index (χ3n) is 3.24. The largest absolute Gasteiger partial charge is 0.497 e. The topological polar surface area (TPSA) is 89.5 Å². The maximum Gasteiger partial charge on any atom is 0.266 e. The second-order valence-corrected chi connectivity index (χ2v) is 6.63. The van der Waals surface area contributed by atoms with Gasteiger partial charge in [0.25, 0.3) is 10.0 Å². The van der Waals surface area contributed by atoms with Crippen LogP contribution in [0.25, 0.3) is 0 Å². The van der Waals surface area contributed by atoms with E-state index in [1.165, 1.54) is 20.3 Å². The second-order valence-electron chi connectivity index (χ2n) is 4.98. The summed E-state index contributed by atoms with van der Waals surface area (Å²) in [5, 5.41) is 3.17. The number of pyridine rings is 1. The Balaban J connectivity index is 2.25. The van der Waals surface area contributed by atoms with Crippen LogP contribution in [0.1, 0.15) is 13.3 Å². The molecule has 2 aromatic rings. The zero-order valence-corrected chi connectivity index (χ0v) is 14.7. The van der Waals surface area contributed by atoms with Gasteiger partial charge in [0.05, 0.1) is 26.1 Å². The molecular weight excluding hydrogens is 330 g/mol. The van der Waals surface area contributed by atoms with E-state index in [1.54, 1.807) is 30.5 Å². The van der Waals surface area contributed by atoms with Crippen LogP contribution in [0.2, 0.25) is 0 Å². The molecule has 130 valence electrons. The van der Waals surface area contributed by atoms with Crippen LogP contribution in [-0.4, -0.2) is 34.2 Å². The van der Waals surface area contributed by atoms with Crippen LogP contribution >= 0.6 is 0 Å². The Morgan fingerprint density at radius 2 is 1.92 bits per heavy atom. The second kappa shape index (κ2) is 7.87. The number of sulfonamides is 1. The maximum absolute atomic E-state index is 12.6. The molecule has 24 heavy (non-hydrogen) atoms. The van der Waals surface area contributed by atoms with Crippen LogP contribution in [0.4, 0.5) is 11.5 Å². The van der Waals surface area contributed by atoms with Gasteiger partial charge in [-0.05, 0) is 30.7 Å². The van der Waals surface area contributed by atoms with Gasteiger partial charge in [0, 0.05) is 12.6 Å². The molecule has 0 saturated heterocycles. The standard InChI is InChI=1S/C16H21N3O4S/c1-4-9-17-12-5-8-16(18-11-12)19-24(20,21)15-10-13(22-2)6-7-14(15)23-3/h5-8,10-11,17H,4,9H2,1-3H3,(H,18,19). The molecule has 7 nitrogen and oxygen atoms in total. The molecule has 0 aliphatic rings. The van der Waals surface area contributed by atoms with Gasteiger partial charge in [-0.1, -0.05) is 6.92 Å². The van der Waals surface area contributed by atoms with E-state index < -0.39 is 10.0 Å². The zero-order valence-electron chi connectivity index (χ0n) is 13.9. The first-order valence-corrected chi connectivity index (χ1v) is 8.93. The summed E-state index contributed by atoms with van der Waals surface area (Å²) < 4.78 is 37.9. The highest BCUT2D eigenvalue weighted by atomic mass is 32.2. The van der Waals surface area contributed by atoms with Crippen LogP contribution in [0.3, 0.4) is 0 Å². The average molecular weight is 351 g/mol. The Morgan fingerprint density at radius 1 is 1.12 bits per heavy atom. The van der Waals surface area contributed by atoms with Crippen molar-refractivity contribution >= 4 is 21.5 Å². The fourth-order valence-corrected chi connectivity index (χ4v) is 3.21. The Morgan fingerprint density at radius 3 is 2.50 bits per heavy atom. The summed E-state index contributed by atoms with van der Waals surface area (Å²) in [5.41, 5.74) is 0.832. The Hall–Kier alpha value is -2.48. The Kier molecular flexibility index (Phi) is 5.86. The first-order chi connectivity index (χ1) is 11.5. The van der Waals surface area contributed by atoms with E-state index in [0.717, 1.165) is 18.7 Å².